The molecular weight excluding hydrogens is 366 g/mol. The van der Waals surface area contributed by atoms with Crippen molar-refractivity contribution in [1.29, 1.82) is 0 Å². The topological polar surface area (TPSA) is 101 Å². The monoisotopic (exact) mass is 385 g/mol. The Morgan fingerprint density at radius 2 is 1.93 bits per heavy atom. The highest BCUT2D eigenvalue weighted by atomic mass is 32.1. The summed E-state index contributed by atoms with van der Waals surface area (Å²) in [5, 5.41) is 10.3. The number of rotatable bonds is 5. The van der Waals surface area contributed by atoms with Crippen molar-refractivity contribution in [3.8, 4) is 0 Å². The third-order valence-electron chi connectivity index (χ3n) is 4.18. The number of hydrogen-bond acceptors (Lipinski definition) is 6. The molecule has 8 heteroatoms. The molecule has 1 amide bonds. The van der Waals surface area contributed by atoms with Gasteiger partial charge in [0.05, 0.1) is 17.6 Å². The van der Waals surface area contributed by atoms with E-state index in [1.165, 1.54) is 11.3 Å². The fraction of sp³-hybridized carbons (Fsp3) is 0.263. The average molecular weight is 385 g/mol. The van der Waals surface area contributed by atoms with Crippen LogP contribution in [0.1, 0.15) is 45.1 Å². The van der Waals surface area contributed by atoms with Gasteiger partial charge in [0, 0.05) is 10.3 Å². The summed E-state index contributed by atoms with van der Waals surface area (Å²) >= 11 is 1.32. The highest BCUT2D eigenvalue weighted by Crippen LogP contribution is 2.34. The van der Waals surface area contributed by atoms with Crippen molar-refractivity contribution in [2.24, 2.45) is 0 Å². The van der Waals surface area contributed by atoms with Crippen LogP contribution in [0.3, 0.4) is 0 Å². The fourth-order valence-corrected chi connectivity index (χ4v) is 4.09. The summed E-state index contributed by atoms with van der Waals surface area (Å²) in [7, 11) is 0. The van der Waals surface area contributed by atoms with Crippen LogP contribution in [-0.2, 0) is 11.2 Å². The maximum atomic E-state index is 12.8. The molecule has 3 rings (SSSR count). The van der Waals surface area contributed by atoms with E-state index in [0.717, 1.165) is 10.4 Å². The second-order valence-corrected chi connectivity index (χ2v) is 7.04. The first-order valence-electron chi connectivity index (χ1n) is 8.56. The SMILES string of the molecule is CCOC(=O)c1c(NC(=O)c2n[nH]c(=O)c3ccccc23)sc(C)c1CC. The van der Waals surface area contributed by atoms with E-state index >= 15 is 0 Å². The molecule has 2 N–H and O–H groups in total. The number of aryl methyl sites for hydroxylation is 1. The van der Waals surface area contributed by atoms with Gasteiger partial charge in [-0.15, -0.1) is 11.3 Å². The number of fused-ring (bicyclic) bond motifs is 1. The van der Waals surface area contributed by atoms with Gasteiger partial charge < -0.3 is 10.1 Å². The zero-order valence-corrected chi connectivity index (χ0v) is 16.0. The predicted octanol–water partition coefficient (Wildman–Crippen LogP) is 3.28. The number of ether oxygens (including phenoxy) is 1. The van der Waals surface area contributed by atoms with E-state index in [4.69, 9.17) is 4.74 Å². The zero-order chi connectivity index (χ0) is 19.6. The Labute approximate surface area is 159 Å². The molecule has 0 aliphatic carbocycles. The second-order valence-electron chi connectivity index (χ2n) is 5.82. The maximum Gasteiger partial charge on any atom is 0.341 e. The Morgan fingerprint density at radius 3 is 2.59 bits per heavy atom. The Bertz CT molecular complexity index is 1080. The molecular formula is C19H19N3O4S. The number of hydrogen-bond donors (Lipinski definition) is 2. The maximum absolute atomic E-state index is 12.8. The summed E-state index contributed by atoms with van der Waals surface area (Å²) in [6.07, 6.45) is 0.645. The quantitative estimate of drug-likeness (QED) is 0.656. The normalized spacial score (nSPS) is 10.8. The molecule has 0 saturated carbocycles. The summed E-state index contributed by atoms with van der Waals surface area (Å²) in [5.74, 6) is -0.967. The van der Waals surface area contributed by atoms with Gasteiger partial charge in [0.15, 0.2) is 5.69 Å². The van der Waals surface area contributed by atoms with E-state index in [1.807, 2.05) is 13.8 Å². The lowest BCUT2D eigenvalue weighted by molar-refractivity contribution is 0.0527. The lowest BCUT2D eigenvalue weighted by Gasteiger charge is -2.08. The molecule has 7 nitrogen and oxygen atoms in total. The molecule has 1 aromatic carbocycles. The van der Waals surface area contributed by atoms with Crippen LogP contribution >= 0.6 is 11.3 Å². The van der Waals surface area contributed by atoms with Gasteiger partial charge in [-0.1, -0.05) is 25.1 Å². The largest absolute Gasteiger partial charge is 0.462 e. The summed E-state index contributed by atoms with van der Waals surface area (Å²) < 4.78 is 5.15. The summed E-state index contributed by atoms with van der Waals surface area (Å²) in [6, 6.07) is 6.74. The van der Waals surface area contributed by atoms with Crippen LogP contribution in [-0.4, -0.2) is 28.7 Å². The number of thiophene rings is 1. The zero-order valence-electron chi connectivity index (χ0n) is 15.2. The first kappa shape index (κ1) is 18.8. The molecule has 0 spiro atoms. The number of carbonyl (C=O) groups is 2. The van der Waals surface area contributed by atoms with Gasteiger partial charge >= 0.3 is 5.97 Å². The number of nitrogens with zero attached hydrogens (tertiary/aromatic N) is 1. The van der Waals surface area contributed by atoms with Crippen LogP contribution in [0.2, 0.25) is 0 Å². The number of aromatic nitrogens is 2. The van der Waals surface area contributed by atoms with Crippen LogP contribution in [0.5, 0.6) is 0 Å². The van der Waals surface area contributed by atoms with Crippen LogP contribution < -0.4 is 10.9 Å². The van der Waals surface area contributed by atoms with Crippen molar-refractivity contribution >= 4 is 39.0 Å². The van der Waals surface area contributed by atoms with E-state index < -0.39 is 11.9 Å². The Balaban J connectivity index is 2.04. The smallest absolute Gasteiger partial charge is 0.341 e. The first-order valence-corrected chi connectivity index (χ1v) is 9.37. The van der Waals surface area contributed by atoms with Gasteiger partial charge in [-0.2, -0.15) is 5.10 Å². The van der Waals surface area contributed by atoms with Gasteiger partial charge in [-0.05, 0) is 31.9 Å². The molecule has 0 fully saturated rings. The minimum atomic E-state index is -0.503. The number of esters is 1. The van der Waals surface area contributed by atoms with Crippen molar-refractivity contribution in [3.05, 3.63) is 56.3 Å². The van der Waals surface area contributed by atoms with Gasteiger partial charge in [0.2, 0.25) is 0 Å². The molecule has 140 valence electrons. The number of nitrogens with one attached hydrogen (secondary N) is 2. The van der Waals surface area contributed by atoms with Gasteiger partial charge in [-0.3, -0.25) is 9.59 Å². The molecule has 27 heavy (non-hydrogen) atoms. The molecule has 2 aromatic heterocycles. The van der Waals surface area contributed by atoms with Gasteiger partial charge in [0.1, 0.15) is 5.00 Å². The minimum absolute atomic E-state index is 0.0871. The lowest BCUT2D eigenvalue weighted by Crippen LogP contribution is -2.20. The third kappa shape index (κ3) is 3.48. The van der Waals surface area contributed by atoms with Crippen LogP contribution in [0.4, 0.5) is 5.00 Å². The van der Waals surface area contributed by atoms with Crippen molar-refractivity contribution in [3.63, 3.8) is 0 Å². The van der Waals surface area contributed by atoms with Crippen LogP contribution in [0, 0.1) is 6.92 Å². The fourth-order valence-electron chi connectivity index (χ4n) is 2.96. The minimum Gasteiger partial charge on any atom is -0.462 e. The highest BCUT2D eigenvalue weighted by molar-refractivity contribution is 7.16. The molecule has 0 radical (unpaired) electrons. The first-order chi connectivity index (χ1) is 13.0. The lowest BCUT2D eigenvalue weighted by atomic mass is 10.1. The molecule has 0 aliphatic rings. The molecule has 0 atom stereocenters. The van der Waals surface area contributed by atoms with Crippen molar-refractivity contribution < 1.29 is 14.3 Å². The second kappa shape index (κ2) is 7.71. The van der Waals surface area contributed by atoms with E-state index in [2.05, 4.69) is 15.5 Å². The van der Waals surface area contributed by atoms with E-state index in [0.29, 0.717) is 27.8 Å². The number of H-pyrrole nitrogens is 1. The number of amides is 1. The Morgan fingerprint density at radius 1 is 1.22 bits per heavy atom. The predicted molar refractivity (Wildman–Crippen MR) is 105 cm³/mol. The third-order valence-corrected chi connectivity index (χ3v) is 5.24. The summed E-state index contributed by atoms with van der Waals surface area (Å²) in [5.41, 5.74) is 0.954. The number of carbonyl (C=O) groups excluding carboxylic acids is 2. The van der Waals surface area contributed by atoms with Gasteiger partial charge in [0.25, 0.3) is 11.5 Å². The molecule has 0 unspecified atom stereocenters. The Hall–Kier alpha value is -3.00. The van der Waals surface area contributed by atoms with Crippen LogP contribution in [0.15, 0.2) is 29.1 Å². The molecule has 0 saturated heterocycles. The van der Waals surface area contributed by atoms with Crippen molar-refractivity contribution in [2.75, 3.05) is 11.9 Å². The average Bonchev–Trinajstić information content (AvgIpc) is 2.97. The van der Waals surface area contributed by atoms with E-state index in [9.17, 15) is 14.4 Å². The highest BCUT2D eigenvalue weighted by Gasteiger charge is 2.24. The molecule has 0 bridgehead atoms. The van der Waals surface area contributed by atoms with Crippen LogP contribution in [0.25, 0.3) is 10.8 Å². The number of anilines is 1. The summed E-state index contributed by atoms with van der Waals surface area (Å²) in [6.45, 7) is 5.82. The molecule has 0 aliphatic heterocycles. The van der Waals surface area contributed by atoms with E-state index in [-0.39, 0.29) is 17.9 Å². The molecule has 3 aromatic rings. The van der Waals surface area contributed by atoms with E-state index in [1.54, 1.807) is 31.2 Å². The van der Waals surface area contributed by atoms with Gasteiger partial charge in [-0.25, -0.2) is 9.89 Å². The standard InChI is InChI=1S/C19H19N3O4S/c1-4-11-10(3)27-18(14(11)19(25)26-5-2)20-17(24)15-12-8-6-7-9-13(12)16(23)22-21-15/h6-9H,4-5H2,1-3H3,(H,20,24)(H,22,23). The number of benzene rings is 1. The molecule has 2 heterocycles. The van der Waals surface area contributed by atoms with Crippen molar-refractivity contribution in [2.45, 2.75) is 27.2 Å². The number of aromatic amines is 1. The Kier molecular flexibility index (Phi) is 5.36. The van der Waals surface area contributed by atoms with Crippen molar-refractivity contribution in [1.82, 2.24) is 10.2 Å². The summed E-state index contributed by atoms with van der Waals surface area (Å²) in [4.78, 5) is 38.1.